The summed E-state index contributed by atoms with van der Waals surface area (Å²) in [5.41, 5.74) is 0. The van der Waals surface area contributed by atoms with E-state index in [2.05, 4.69) is 41.5 Å². The van der Waals surface area contributed by atoms with E-state index in [0.717, 1.165) is 75.5 Å². The van der Waals surface area contributed by atoms with E-state index in [1.807, 2.05) is 0 Å². The summed E-state index contributed by atoms with van der Waals surface area (Å²) < 4.78 is 16.7. The lowest BCUT2D eigenvalue weighted by atomic mass is 10.00. The van der Waals surface area contributed by atoms with Crippen LogP contribution in [0.1, 0.15) is 260 Å². The first-order chi connectivity index (χ1) is 26.6. The largest absolute Gasteiger partial charge is 0.462 e. The molecule has 1 unspecified atom stereocenters. The van der Waals surface area contributed by atoms with E-state index in [0.29, 0.717) is 19.3 Å². The average molecular weight is 779 g/mol. The summed E-state index contributed by atoms with van der Waals surface area (Å²) in [4.78, 5) is 37.8. The van der Waals surface area contributed by atoms with Gasteiger partial charge in [0.2, 0.25) is 0 Å². The van der Waals surface area contributed by atoms with Crippen molar-refractivity contribution in [1.29, 1.82) is 0 Å². The molecule has 0 fully saturated rings. The maximum atomic E-state index is 12.7. The van der Waals surface area contributed by atoms with Crippen molar-refractivity contribution < 1.29 is 28.6 Å². The molecule has 0 amide bonds. The zero-order chi connectivity index (χ0) is 40.6. The molecule has 0 rings (SSSR count). The van der Waals surface area contributed by atoms with Gasteiger partial charge in [-0.25, -0.2) is 0 Å². The van der Waals surface area contributed by atoms with Crippen LogP contribution in [0.15, 0.2) is 0 Å². The monoisotopic (exact) mass is 779 g/mol. The van der Waals surface area contributed by atoms with Crippen molar-refractivity contribution >= 4 is 17.9 Å². The minimum Gasteiger partial charge on any atom is -0.462 e. The minimum atomic E-state index is -0.762. The Balaban J connectivity index is 4.32. The highest BCUT2D eigenvalue weighted by atomic mass is 16.6. The first-order valence-electron chi connectivity index (χ1n) is 24.1. The SMILES string of the molecule is CCC(C)CCCCCCCCC(=O)OC[C@H](COC(=O)CCCCCCCCCCCCCCC(C)C)OC(=O)CCCCCCCCCCCC(C)C. The third kappa shape index (κ3) is 41.9. The predicted octanol–water partition coefficient (Wildman–Crippen LogP) is 15.2. The molecule has 6 nitrogen and oxygen atoms in total. The number of hydrogen-bond donors (Lipinski definition) is 0. The molecule has 0 heterocycles. The van der Waals surface area contributed by atoms with Crippen molar-refractivity contribution in [3.8, 4) is 0 Å². The van der Waals surface area contributed by atoms with Gasteiger partial charge in [0, 0.05) is 19.3 Å². The van der Waals surface area contributed by atoms with Gasteiger partial charge in [0.25, 0.3) is 0 Å². The van der Waals surface area contributed by atoms with Crippen LogP contribution in [0.5, 0.6) is 0 Å². The van der Waals surface area contributed by atoms with E-state index < -0.39 is 6.10 Å². The third-order valence-corrected chi connectivity index (χ3v) is 11.3. The van der Waals surface area contributed by atoms with Crippen LogP contribution in [0.3, 0.4) is 0 Å². The molecule has 0 bridgehead atoms. The molecule has 6 heteroatoms. The zero-order valence-corrected chi connectivity index (χ0v) is 37.7. The van der Waals surface area contributed by atoms with Gasteiger partial charge in [0.05, 0.1) is 0 Å². The predicted molar refractivity (Wildman–Crippen MR) is 233 cm³/mol. The molecule has 0 aromatic carbocycles. The average Bonchev–Trinajstić information content (AvgIpc) is 3.15. The van der Waals surface area contributed by atoms with E-state index in [1.165, 1.54) is 141 Å². The minimum absolute atomic E-state index is 0.0661. The van der Waals surface area contributed by atoms with Gasteiger partial charge in [-0.2, -0.15) is 0 Å². The molecule has 0 aromatic heterocycles. The molecule has 326 valence electrons. The summed E-state index contributed by atoms with van der Waals surface area (Å²) in [6.07, 6.45) is 38.1. The summed E-state index contributed by atoms with van der Waals surface area (Å²) in [7, 11) is 0. The molecule has 2 atom stereocenters. The number of hydrogen-bond acceptors (Lipinski definition) is 6. The fraction of sp³-hybridized carbons (Fsp3) is 0.939. The first-order valence-corrected chi connectivity index (χ1v) is 24.1. The zero-order valence-electron chi connectivity index (χ0n) is 37.7. The van der Waals surface area contributed by atoms with Gasteiger partial charge in [-0.05, 0) is 37.0 Å². The van der Waals surface area contributed by atoms with Gasteiger partial charge in [0.1, 0.15) is 13.2 Å². The maximum absolute atomic E-state index is 12.7. The first kappa shape index (κ1) is 53.4. The lowest BCUT2D eigenvalue weighted by molar-refractivity contribution is -0.167. The van der Waals surface area contributed by atoms with Crippen molar-refractivity contribution in [3.05, 3.63) is 0 Å². The van der Waals surface area contributed by atoms with Crippen molar-refractivity contribution in [2.75, 3.05) is 13.2 Å². The van der Waals surface area contributed by atoms with E-state index in [4.69, 9.17) is 14.2 Å². The number of ether oxygens (including phenoxy) is 3. The second-order valence-electron chi connectivity index (χ2n) is 17.9. The van der Waals surface area contributed by atoms with Gasteiger partial charge in [-0.3, -0.25) is 14.4 Å². The van der Waals surface area contributed by atoms with Crippen LogP contribution < -0.4 is 0 Å². The standard InChI is InChI=1S/C49H94O6/c1-7-45(6)37-31-25-21-22-27-33-39-48(51)54-42-46(55-49(52)40-34-28-20-16-12-14-18-24-30-36-44(4)5)41-53-47(50)38-32-26-19-15-11-9-8-10-13-17-23-29-35-43(2)3/h43-46H,7-42H2,1-6H3/t45?,46-/m0/s1. The topological polar surface area (TPSA) is 78.9 Å². The fourth-order valence-electron chi connectivity index (χ4n) is 7.20. The van der Waals surface area contributed by atoms with E-state index >= 15 is 0 Å². The molecule has 0 saturated heterocycles. The van der Waals surface area contributed by atoms with E-state index in [-0.39, 0.29) is 31.1 Å². The summed E-state index contributed by atoms with van der Waals surface area (Å²) >= 11 is 0. The smallest absolute Gasteiger partial charge is 0.306 e. The Labute approximate surface area is 342 Å². The molecule has 0 spiro atoms. The van der Waals surface area contributed by atoms with Crippen LogP contribution >= 0.6 is 0 Å². The summed E-state index contributed by atoms with van der Waals surface area (Å²) in [5.74, 6) is 1.59. The Morgan fingerprint density at radius 1 is 0.364 bits per heavy atom. The summed E-state index contributed by atoms with van der Waals surface area (Å²) in [5, 5.41) is 0. The fourth-order valence-corrected chi connectivity index (χ4v) is 7.20. The Hall–Kier alpha value is -1.59. The van der Waals surface area contributed by atoms with Gasteiger partial charge in [0.15, 0.2) is 6.10 Å². The van der Waals surface area contributed by atoms with Crippen LogP contribution in [0.4, 0.5) is 0 Å². The van der Waals surface area contributed by atoms with Crippen LogP contribution in [0.25, 0.3) is 0 Å². The van der Waals surface area contributed by atoms with Crippen molar-refractivity contribution in [2.24, 2.45) is 17.8 Å². The Morgan fingerprint density at radius 2 is 0.636 bits per heavy atom. The quantitative estimate of drug-likeness (QED) is 0.0349. The highest BCUT2D eigenvalue weighted by molar-refractivity contribution is 5.71. The van der Waals surface area contributed by atoms with Crippen LogP contribution in [-0.2, 0) is 28.6 Å². The molecule has 0 radical (unpaired) electrons. The van der Waals surface area contributed by atoms with Crippen LogP contribution in [-0.4, -0.2) is 37.2 Å². The van der Waals surface area contributed by atoms with E-state index in [1.54, 1.807) is 0 Å². The Kier molecular flexibility index (Phi) is 39.4. The normalized spacial score (nSPS) is 12.7. The molecule has 0 aliphatic carbocycles. The molecule has 0 aromatic rings. The molecule has 0 N–H and O–H groups in total. The molecule has 0 aliphatic rings. The highest BCUT2D eigenvalue weighted by Gasteiger charge is 2.19. The summed E-state index contributed by atoms with van der Waals surface area (Å²) in [6.45, 7) is 13.7. The molecule has 0 saturated carbocycles. The van der Waals surface area contributed by atoms with Gasteiger partial charge < -0.3 is 14.2 Å². The molecule has 0 aliphatic heterocycles. The van der Waals surface area contributed by atoms with Crippen molar-refractivity contribution in [2.45, 2.75) is 266 Å². The number of carbonyl (C=O) groups is 3. The second kappa shape index (κ2) is 40.6. The van der Waals surface area contributed by atoms with Gasteiger partial charge in [-0.15, -0.1) is 0 Å². The van der Waals surface area contributed by atoms with Crippen LogP contribution in [0.2, 0.25) is 0 Å². The Bertz CT molecular complexity index is 854. The Morgan fingerprint density at radius 3 is 0.945 bits per heavy atom. The van der Waals surface area contributed by atoms with Gasteiger partial charge >= 0.3 is 17.9 Å². The highest BCUT2D eigenvalue weighted by Crippen LogP contribution is 2.17. The molecule has 55 heavy (non-hydrogen) atoms. The van der Waals surface area contributed by atoms with Crippen molar-refractivity contribution in [3.63, 3.8) is 0 Å². The third-order valence-electron chi connectivity index (χ3n) is 11.3. The van der Waals surface area contributed by atoms with E-state index in [9.17, 15) is 14.4 Å². The molecular weight excluding hydrogens is 685 g/mol. The lowest BCUT2D eigenvalue weighted by Gasteiger charge is -2.18. The summed E-state index contributed by atoms with van der Waals surface area (Å²) in [6, 6.07) is 0. The number of carbonyl (C=O) groups excluding carboxylic acids is 3. The lowest BCUT2D eigenvalue weighted by Crippen LogP contribution is -2.30. The second-order valence-corrected chi connectivity index (χ2v) is 17.9. The van der Waals surface area contributed by atoms with Crippen molar-refractivity contribution in [1.82, 2.24) is 0 Å². The molecular formula is C49H94O6. The number of esters is 3. The number of unbranched alkanes of at least 4 members (excludes halogenated alkanes) is 24. The maximum Gasteiger partial charge on any atom is 0.306 e. The van der Waals surface area contributed by atoms with Gasteiger partial charge in [-0.1, -0.05) is 221 Å². The number of rotatable bonds is 42. The van der Waals surface area contributed by atoms with Crippen LogP contribution in [0, 0.1) is 17.8 Å².